The molecule has 6 nitrogen and oxygen atoms in total. The van der Waals surface area contributed by atoms with Gasteiger partial charge in [-0.3, -0.25) is 19.3 Å². The number of nitrogens with zero attached hydrogens (tertiary/aromatic N) is 2. The Morgan fingerprint density at radius 3 is 2.48 bits per heavy atom. The minimum atomic E-state index is -0.820. The van der Waals surface area contributed by atoms with E-state index in [9.17, 15) is 14.4 Å². The fourth-order valence-corrected chi connectivity index (χ4v) is 3.35. The van der Waals surface area contributed by atoms with Gasteiger partial charge in [0.1, 0.15) is 6.04 Å². The monoisotopic (exact) mass is 305 g/mol. The lowest BCUT2D eigenvalue weighted by atomic mass is 9.85. The number of carbonyl (C=O) groups is 3. The fraction of sp³-hybridized carbons (Fsp3) is 0.429. The van der Waals surface area contributed by atoms with Crippen LogP contribution in [0.1, 0.15) is 19.8 Å². The third kappa shape index (κ3) is 2.37. The molecule has 3 amide bonds. The summed E-state index contributed by atoms with van der Waals surface area (Å²) in [4.78, 5) is 42.0. The highest BCUT2D eigenvalue weighted by molar-refractivity contribution is 7.13. The minimum Gasteiger partial charge on any atom is -0.300 e. The molecule has 1 aromatic heterocycles. The van der Waals surface area contributed by atoms with Crippen molar-refractivity contribution in [2.75, 3.05) is 5.32 Å². The summed E-state index contributed by atoms with van der Waals surface area (Å²) in [6.07, 6.45) is 6.59. The van der Waals surface area contributed by atoms with Gasteiger partial charge in [-0.1, -0.05) is 12.2 Å². The Labute approximate surface area is 125 Å². The Hall–Kier alpha value is -2.02. The van der Waals surface area contributed by atoms with Crippen molar-refractivity contribution in [3.8, 4) is 0 Å². The number of allylic oxidation sites excluding steroid dienone is 2. The molecule has 1 aromatic rings. The van der Waals surface area contributed by atoms with Gasteiger partial charge < -0.3 is 5.32 Å². The van der Waals surface area contributed by atoms with Crippen molar-refractivity contribution in [2.45, 2.75) is 25.8 Å². The standard InChI is InChI=1S/C14H15N3O3S/c1-8(11(18)16-14-15-6-7-21-14)17-12(19)9-4-2-3-5-10(9)13(17)20/h2-3,6-10H,4-5H2,1H3,(H,15,16,18)/t8-,9+,10+/m1/s1. The molecule has 7 heteroatoms. The van der Waals surface area contributed by atoms with Crippen molar-refractivity contribution in [1.29, 1.82) is 0 Å². The number of hydrogen-bond donors (Lipinski definition) is 1. The Morgan fingerprint density at radius 2 is 1.95 bits per heavy atom. The van der Waals surface area contributed by atoms with Gasteiger partial charge in [-0.2, -0.15) is 0 Å². The predicted octanol–water partition coefficient (Wildman–Crippen LogP) is 1.42. The molecule has 2 heterocycles. The molecule has 0 spiro atoms. The molecule has 3 rings (SSSR count). The molecular formula is C14H15N3O3S. The molecule has 1 N–H and O–H groups in total. The third-order valence-corrected chi connectivity index (χ3v) is 4.66. The van der Waals surface area contributed by atoms with Crippen molar-refractivity contribution in [3.05, 3.63) is 23.7 Å². The molecule has 3 atom stereocenters. The normalized spacial score (nSPS) is 25.9. The molecule has 0 bridgehead atoms. The van der Waals surface area contributed by atoms with Gasteiger partial charge in [0.15, 0.2) is 5.13 Å². The van der Waals surface area contributed by atoms with Gasteiger partial charge in [0.2, 0.25) is 17.7 Å². The van der Waals surface area contributed by atoms with Crippen LogP contribution in [0.4, 0.5) is 5.13 Å². The number of nitrogens with one attached hydrogen (secondary N) is 1. The number of carbonyl (C=O) groups excluding carboxylic acids is 3. The number of rotatable bonds is 3. The second kappa shape index (κ2) is 5.40. The van der Waals surface area contributed by atoms with Crippen LogP contribution >= 0.6 is 11.3 Å². The van der Waals surface area contributed by atoms with Crippen LogP contribution in [0, 0.1) is 11.8 Å². The number of amides is 3. The molecule has 2 aliphatic rings. The van der Waals surface area contributed by atoms with Crippen LogP contribution < -0.4 is 5.32 Å². The van der Waals surface area contributed by atoms with Gasteiger partial charge in [0.25, 0.3) is 0 Å². The first kappa shape index (κ1) is 13.9. The van der Waals surface area contributed by atoms with Gasteiger partial charge in [-0.25, -0.2) is 4.98 Å². The first-order valence-electron chi connectivity index (χ1n) is 6.82. The lowest BCUT2D eigenvalue weighted by molar-refractivity contribution is -0.146. The molecule has 0 radical (unpaired) electrons. The molecule has 0 aromatic carbocycles. The highest BCUT2D eigenvalue weighted by Gasteiger charge is 2.50. The van der Waals surface area contributed by atoms with Crippen LogP contribution in [0.25, 0.3) is 0 Å². The maximum absolute atomic E-state index is 12.4. The number of imide groups is 1. The SMILES string of the molecule is C[C@H](C(=O)Nc1nccs1)N1C(=O)[C@H]2CC=CC[C@@H]2C1=O. The summed E-state index contributed by atoms with van der Waals surface area (Å²) in [7, 11) is 0. The average Bonchev–Trinajstić information content (AvgIpc) is 3.07. The zero-order chi connectivity index (χ0) is 15.0. The number of hydrogen-bond acceptors (Lipinski definition) is 5. The maximum atomic E-state index is 12.4. The van der Waals surface area contributed by atoms with E-state index in [0.29, 0.717) is 18.0 Å². The fourth-order valence-electron chi connectivity index (χ4n) is 2.82. The van der Waals surface area contributed by atoms with E-state index in [1.165, 1.54) is 11.3 Å². The molecule has 0 saturated carbocycles. The van der Waals surface area contributed by atoms with Gasteiger partial charge in [-0.15, -0.1) is 11.3 Å². The lowest BCUT2D eigenvalue weighted by Crippen LogP contribution is -2.46. The van der Waals surface area contributed by atoms with Gasteiger partial charge in [0, 0.05) is 11.6 Å². The van der Waals surface area contributed by atoms with Gasteiger partial charge >= 0.3 is 0 Å². The van der Waals surface area contributed by atoms with Crippen LogP contribution in [0.2, 0.25) is 0 Å². The summed E-state index contributed by atoms with van der Waals surface area (Å²) in [5, 5.41) is 4.83. The zero-order valence-corrected chi connectivity index (χ0v) is 12.3. The number of anilines is 1. The van der Waals surface area contributed by atoms with Crippen molar-refractivity contribution in [1.82, 2.24) is 9.88 Å². The van der Waals surface area contributed by atoms with Crippen LogP contribution in [0.15, 0.2) is 23.7 Å². The van der Waals surface area contributed by atoms with E-state index in [1.807, 2.05) is 12.2 Å². The van der Waals surface area contributed by atoms with Crippen LogP contribution in [-0.2, 0) is 14.4 Å². The quantitative estimate of drug-likeness (QED) is 0.676. The van der Waals surface area contributed by atoms with E-state index >= 15 is 0 Å². The first-order valence-corrected chi connectivity index (χ1v) is 7.70. The van der Waals surface area contributed by atoms with Gasteiger partial charge in [-0.05, 0) is 19.8 Å². The minimum absolute atomic E-state index is 0.240. The Balaban J connectivity index is 1.75. The summed E-state index contributed by atoms with van der Waals surface area (Å²) in [6, 6.07) is -0.820. The highest BCUT2D eigenvalue weighted by Crippen LogP contribution is 2.36. The number of likely N-dealkylation sites (tertiary alicyclic amines) is 1. The first-order chi connectivity index (χ1) is 10.1. The Kier molecular flexibility index (Phi) is 3.59. The molecule has 110 valence electrons. The largest absolute Gasteiger partial charge is 0.300 e. The van der Waals surface area contributed by atoms with Crippen LogP contribution in [0.3, 0.4) is 0 Å². The van der Waals surface area contributed by atoms with E-state index < -0.39 is 11.9 Å². The van der Waals surface area contributed by atoms with Crippen LogP contribution in [0.5, 0.6) is 0 Å². The van der Waals surface area contributed by atoms with E-state index in [2.05, 4.69) is 10.3 Å². The van der Waals surface area contributed by atoms with E-state index in [4.69, 9.17) is 0 Å². The lowest BCUT2D eigenvalue weighted by Gasteiger charge is -2.21. The van der Waals surface area contributed by atoms with Crippen LogP contribution in [-0.4, -0.2) is 33.6 Å². The van der Waals surface area contributed by atoms with Crippen molar-refractivity contribution in [3.63, 3.8) is 0 Å². The molecule has 1 saturated heterocycles. The Bertz CT molecular complexity index is 585. The third-order valence-electron chi connectivity index (χ3n) is 3.97. The number of thiazole rings is 1. The smallest absolute Gasteiger partial charge is 0.249 e. The molecule has 1 fully saturated rings. The molecular weight excluding hydrogens is 290 g/mol. The molecule has 1 aliphatic heterocycles. The molecule has 1 aliphatic carbocycles. The second-order valence-electron chi connectivity index (χ2n) is 5.20. The zero-order valence-electron chi connectivity index (χ0n) is 11.5. The van der Waals surface area contributed by atoms with E-state index in [0.717, 1.165) is 4.90 Å². The number of aromatic nitrogens is 1. The highest BCUT2D eigenvalue weighted by atomic mass is 32.1. The van der Waals surface area contributed by atoms with Crippen molar-refractivity contribution >= 4 is 34.2 Å². The van der Waals surface area contributed by atoms with Crippen molar-refractivity contribution in [2.24, 2.45) is 11.8 Å². The Morgan fingerprint density at radius 1 is 1.33 bits per heavy atom. The predicted molar refractivity (Wildman–Crippen MR) is 77.4 cm³/mol. The molecule has 21 heavy (non-hydrogen) atoms. The molecule has 0 unspecified atom stereocenters. The van der Waals surface area contributed by atoms with Crippen molar-refractivity contribution < 1.29 is 14.4 Å². The van der Waals surface area contributed by atoms with Gasteiger partial charge in [0.05, 0.1) is 11.8 Å². The van der Waals surface area contributed by atoms with E-state index in [1.54, 1.807) is 18.5 Å². The summed E-state index contributed by atoms with van der Waals surface area (Å²) in [6.45, 7) is 1.57. The average molecular weight is 305 g/mol. The summed E-state index contributed by atoms with van der Waals surface area (Å²) < 4.78 is 0. The maximum Gasteiger partial charge on any atom is 0.249 e. The topological polar surface area (TPSA) is 79.4 Å². The number of fused-ring (bicyclic) bond motifs is 1. The summed E-state index contributed by atoms with van der Waals surface area (Å²) >= 11 is 1.29. The second-order valence-corrected chi connectivity index (χ2v) is 6.10. The summed E-state index contributed by atoms with van der Waals surface area (Å²) in [5.41, 5.74) is 0. The summed E-state index contributed by atoms with van der Waals surface area (Å²) in [5.74, 6) is -1.49. The van der Waals surface area contributed by atoms with E-state index in [-0.39, 0.29) is 23.7 Å².